The zero-order valence-corrected chi connectivity index (χ0v) is 14.0. The van der Waals surface area contributed by atoms with E-state index in [2.05, 4.69) is 13.8 Å². The fraction of sp³-hybridized carbons (Fsp3) is 0.474. The topological polar surface area (TPSA) is 63.6 Å². The average molecular weight is 314 g/mol. The lowest BCUT2D eigenvalue weighted by atomic mass is 9.70. The van der Waals surface area contributed by atoms with E-state index >= 15 is 0 Å². The molecular weight excluding hydrogens is 292 g/mol. The fourth-order valence-electron chi connectivity index (χ4n) is 3.63. The molecule has 122 valence electrons. The monoisotopic (exact) mass is 314 g/mol. The van der Waals surface area contributed by atoms with E-state index in [1.54, 1.807) is 6.08 Å². The van der Waals surface area contributed by atoms with Crippen molar-refractivity contribution in [1.29, 1.82) is 0 Å². The molecule has 0 radical (unpaired) electrons. The minimum atomic E-state index is -0.951. The van der Waals surface area contributed by atoms with E-state index < -0.39 is 5.97 Å². The van der Waals surface area contributed by atoms with Gasteiger partial charge in [-0.05, 0) is 41.4 Å². The van der Waals surface area contributed by atoms with Gasteiger partial charge in [0.2, 0.25) is 0 Å². The fourth-order valence-corrected chi connectivity index (χ4v) is 3.63. The molecule has 1 heterocycles. The van der Waals surface area contributed by atoms with Crippen LogP contribution in [0.1, 0.15) is 73.7 Å². The Morgan fingerprint density at radius 1 is 1.39 bits per heavy atom. The summed E-state index contributed by atoms with van der Waals surface area (Å²) in [5, 5.41) is 9.38. The first-order valence-electron chi connectivity index (χ1n) is 8.05. The van der Waals surface area contributed by atoms with Gasteiger partial charge in [0.1, 0.15) is 6.10 Å². The van der Waals surface area contributed by atoms with Crippen LogP contribution in [0, 0.1) is 5.92 Å². The molecule has 0 fully saturated rings. The van der Waals surface area contributed by atoms with Crippen molar-refractivity contribution >= 4 is 18.0 Å². The number of carbonyl (C=O) groups is 2. The minimum absolute atomic E-state index is 0.00445. The van der Waals surface area contributed by atoms with Crippen molar-refractivity contribution in [3.05, 3.63) is 40.0 Å². The van der Waals surface area contributed by atoms with E-state index in [-0.39, 0.29) is 23.4 Å². The minimum Gasteiger partial charge on any atom is -0.478 e. The van der Waals surface area contributed by atoms with Crippen molar-refractivity contribution in [2.75, 3.05) is 0 Å². The number of benzene rings is 1. The van der Waals surface area contributed by atoms with Crippen molar-refractivity contribution in [3.63, 3.8) is 0 Å². The van der Waals surface area contributed by atoms with Crippen LogP contribution >= 0.6 is 0 Å². The number of hydrogen-bond donors (Lipinski definition) is 1. The maximum absolute atomic E-state index is 12.4. The molecule has 0 unspecified atom stereocenters. The standard InChI is InChI=1S/C19H22O4/c1-10(2)12(17(20)21)9-11-5-6-13-16-14(7-8-19(13,3)4)23-18(22)15(11)16/h5-6,9-10,14H,7-8H2,1-4H3,(H,20,21)/b12-9-/t14-/m1/s1. The molecule has 1 atom stereocenters. The summed E-state index contributed by atoms with van der Waals surface area (Å²) < 4.78 is 5.53. The van der Waals surface area contributed by atoms with Gasteiger partial charge in [-0.15, -0.1) is 0 Å². The SMILES string of the molecule is CC(C)/C(=C/c1ccc2c3c1C(=O)O[C@@H]3CCC2(C)C)C(=O)O. The van der Waals surface area contributed by atoms with Crippen molar-refractivity contribution in [3.8, 4) is 0 Å². The normalized spacial score (nSPS) is 22.0. The summed E-state index contributed by atoms with van der Waals surface area (Å²) in [4.78, 5) is 23.8. The molecule has 1 N–H and O–H groups in total. The third-order valence-corrected chi connectivity index (χ3v) is 4.99. The first kappa shape index (κ1) is 15.8. The highest BCUT2D eigenvalue weighted by atomic mass is 16.5. The van der Waals surface area contributed by atoms with E-state index in [0.29, 0.717) is 16.7 Å². The van der Waals surface area contributed by atoms with Crippen molar-refractivity contribution < 1.29 is 19.4 Å². The molecule has 1 aliphatic carbocycles. The molecular formula is C19H22O4. The Bertz CT molecular complexity index is 725. The summed E-state index contributed by atoms with van der Waals surface area (Å²) >= 11 is 0. The molecule has 3 rings (SSSR count). The maximum Gasteiger partial charge on any atom is 0.339 e. The van der Waals surface area contributed by atoms with E-state index in [1.165, 1.54) is 0 Å². The molecule has 4 nitrogen and oxygen atoms in total. The van der Waals surface area contributed by atoms with Gasteiger partial charge in [-0.2, -0.15) is 0 Å². The largest absolute Gasteiger partial charge is 0.478 e. The molecule has 4 heteroatoms. The second-order valence-corrected chi connectivity index (χ2v) is 7.37. The van der Waals surface area contributed by atoms with Gasteiger partial charge in [-0.25, -0.2) is 9.59 Å². The first-order chi connectivity index (χ1) is 10.7. The highest BCUT2D eigenvalue weighted by Gasteiger charge is 2.42. The molecule has 0 spiro atoms. The van der Waals surface area contributed by atoms with Crippen LogP contribution < -0.4 is 0 Å². The first-order valence-corrected chi connectivity index (χ1v) is 8.05. The molecule has 0 aromatic heterocycles. The predicted octanol–water partition coefficient (Wildman–Crippen LogP) is 4.09. The third kappa shape index (κ3) is 2.46. The molecule has 0 amide bonds. The van der Waals surface area contributed by atoms with Gasteiger partial charge >= 0.3 is 11.9 Å². The number of rotatable bonds is 3. The Kier molecular flexibility index (Phi) is 3.58. The van der Waals surface area contributed by atoms with E-state index in [4.69, 9.17) is 4.74 Å². The van der Waals surface area contributed by atoms with Crippen LogP contribution in [0.5, 0.6) is 0 Å². The van der Waals surface area contributed by atoms with Gasteiger partial charge in [0.25, 0.3) is 0 Å². The Balaban J connectivity index is 2.22. The van der Waals surface area contributed by atoms with Gasteiger partial charge in [0.15, 0.2) is 0 Å². The zero-order valence-electron chi connectivity index (χ0n) is 14.0. The van der Waals surface area contributed by atoms with Crippen LogP contribution in [0.2, 0.25) is 0 Å². The van der Waals surface area contributed by atoms with Crippen LogP contribution in [-0.4, -0.2) is 17.0 Å². The van der Waals surface area contributed by atoms with Gasteiger partial charge < -0.3 is 9.84 Å². The summed E-state index contributed by atoms with van der Waals surface area (Å²) in [6, 6.07) is 3.88. The summed E-state index contributed by atoms with van der Waals surface area (Å²) in [7, 11) is 0. The summed E-state index contributed by atoms with van der Waals surface area (Å²) in [5.74, 6) is -1.40. The molecule has 1 aliphatic heterocycles. The smallest absolute Gasteiger partial charge is 0.339 e. The molecule has 1 aromatic rings. The number of ether oxygens (including phenoxy) is 1. The van der Waals surface area contributed by atoms with Crippen LogP contribution in [0.15, 0.2) is 17.7 Å². The lowest BCUT2D eigenvalue weighted by molar-refractivity contribution is -0.133. The summed E-state index contributed by atoms with van der Waals surface area (Å²) in [6.07, 6.45) is 3.23. The second-order valence-electron chi connectivity index (χ2n) is 7.37. The van der Waals surface area contributed by atoms with Crippen LogP contribution in [0.25, 0.3) is 6.08 Å². The molecule has 23 heavy (non-hydrogen) atoms. The molecule has 0 bridgehead atoms. The Morgan fingerprint density at radius 2 is 2.09 bits per heavy atom. The number of hydrogen-bond acceptors (Lipinski definition) is 3. The van der Waals surface area contributed by atoms with Crippen molar-refractivity contribution in [1.82, 2.24) is 0 Å². The van der Waals surface area contributed by atoms with Gasteiger partial charge in [0.05, 0.1) is 5.56 Å². The lowest BCUT2D eigenvalue weighted by Crippen LogP contribution is -2.25. The van der Waals surface area contributed by atoms with Crippen LogP contribution in [-0.2, 0) is 14.9 Å². The molecule has 0 saturated carbocycles. The highest BCUT2D eigenvalue weighted by Crippen LogP contribution is 2.49. The Labute approximate surface area is 136 Å². The lowest BCUT2D eigenvalue weighted by Gasteiger charge is -2.34. The maximum atomic E-state index is 12.4. The summed E-state index contributed by atoms with van der Waals surface area (Å²) in [5.41, 5.74) is 3.62. The Hall–Kier alpha value is -2.10. The van der Waals surface area contributed by atoms with Gasteiger partial charge in [-0.1, -0.05) is 39.8 Å². The van der Waals surface area contributed by atoms with E-state index in [9.17, 15) is 14.7 Å². The number of carboxylic acid groups (broad SMARTS) is 1. The van der Waals surface area contributed by atoms with Crippen molar-refractivity contribution in [2.24, 2.45) is 5.92 Å². The highest BCUT2D eigenvalue weighted by molar-refractivity contribution is 6.01. The van der Waals surface area contributed by atoms with Gasteiger partial charge in [0, 0.05) is 11.1 Å². The zero-order chi connectivity index (χ0) is 16.9. The van der Waals surface area contributed by atoms with Crippen LogP contribution in [0.3, 0.4) is 0 Å². The second kappa shape index (κ2) is 5.22. The quantitative estimate of drug-likeness (QED) is 0.674. The number of carbonyl (C=O) groups excluding carboxylic acids is 1. The summed E-state index contributed by atoms with van der Waals surface area (Å²) in [6.45, 7) is 8.02. The average Bonchev–Trinajstić information content (AvgIpc) is 2.79. The van der Waals surface area contributed by atoms with Crippen LogP contribution in [0.4, 0.5) is 0 Å². The molecule has 2 aliphatic rings. The van der Waals surface area contributed by atoms with Gasteiger partial charge in [-0.3, -0.25) is 0 Å². The third-order valence-electron chi connectivity index (χ3n) is 4.99. The molecule has 1 aromatic carbocycles. The number of carboxylic acids is 1. The number of esters is 1. The predicted molar refractivity (Wildman–Crippen MR) is 87.3 cm³/mol. The van der Waals surface area contributed by atoms with E-state index in [0.717, 1.165) is 24.0 Å². The van der Waals surface area contributed by atoms with E-state index in [1.807, 2.05) is 26.0 Å². The van der Waals surface area contributed by atoms with Crippen molar-refractivity contribution in [2.45, 2.75) is 52.1 Å². The molecule has 0 saturated heterocycles. The number of aliphatic carboxylic acids is 1. The Morgan fingerprint density at radius 3 is 2.70 bits per heavy atom.